The van der Waals surface area contributed by atoms with Crippen molar-refractivity contribution in [3.63, 3.8) is 0 Å². The Morgan fingerprint density at radius 2 is 1.54 bits per heavy atom. The summed E-state index contributed by atoms with van der Waals surface area (Å²) in [6.07, 6.45) is 0.421. The third-order valence-electron chi connectivity index (χ3n) is 4.70. The van der Waals surface area contributed by atoms with Crippen LogP contribution in [0.4, 0.5) is 21.5 Å². The SMILES string of the molecule is CC(=O)Nc1ccc(NCCC(=O)N2CCN(c3ccc(F)cc3)CC2)cc1. The van der Waals surface area contributed by atoms with Gasteiger partial charge in [-0.25, -0.2) is 4.39 Å². The van der Waals surface area contributed by atoms with Crippen molar-refractivity contribution in [3.8, 4) is 0 Å². The molecular formula is C21H25FN4O2. The van der Waals surface area contributed by atoms with Gasteiger partial charge in [0.15, 0.2) is 0 Å². The van der Waals surface area contributed by atoms with Gasteiger partial charge in [-0.2, -0.15) is 0 Å². The number of benzene rings is 2. The zero-order valence-electron chi connectivity index (χ0n) is 16.0. The van der Waals surface area contributed by atoms with Gasteiger partial charge in [0, 0.05) is 63.1 Å². The molecule has 6 nitrogen and oxygen atoms in total. The van der Waals surface area contributed by atoms with E-state index < -0.39 is 0 Å². The lowest BCUT2D eigenvalue weighted by atomic mass is 10.2. The van der Waals surface area contributed by atoms with Gasteiger partial charge in [0.2, 0.25) is 11.8 Å². The molecular weight excluding hydrogens is 359 g/mol. The van der Waals surface area contributed by atoms with E-state index in [0.29, 0.717) is 26.1 Å². The Morgan fingerprint density at radius 1 is 0.929 bits per heavy atom. The average Bonchev–Trinajstić information content (AvgIpc) is 2.69. The van der Waals surface area contributed by atoms with E-state index in [0.717, 1.165) is 30.2 Å². The molecule has 0 atom stereocenters. The van der Waals surface area contributed by atoms with Crippen LogP contribution >= 0.6 is 0 Å². The molecule has 1 aliphatic heterocycles. The Morgan fingerprint density at radius 3 is 2.14 bits per heavy atom. The lowest BCUT2D eigenvalue weighted by Crippen LogP contribution is -2.49. The van der Waals surface area contributed by atoms with E-state index in [-0.39, 0.29) is 17.6 Å². The molecule has 0 aromatic heterocycles. The second-order valence-corrected chi connectivity index (χ2v) is 6.78. The lowest BCUT2D eigenvalue weighted by molar-refractivity contribution is -0.131. The molecule has 148 valence electrons. The van der Waals surface area contributed by atoms with Crippen LogP contribution in [0.3, 0.4) is 0 Å². The Kier molecular flexibility index (Phi) is 6.47. The number of hydrogen-bond acceptors (Lipinski definition) is 4. The van der Waals surface area contributed by atoms with Crippen LogP contribution in [-0.4, -0.2) is 49.4 Å². The van der Waals surface area contributed by atoms with Crippen LogP contribution < -0.4 is 15.5 Å². The van der Waals surface area contributed by atoms with Gasteiger partial charge >= 0.3 is 0 Å². The van der Waals surface area contributed by atoms with E-state index in [2.05, 4.69) is 15.5 Å². The third kappa shape index (κ3) is 5.45. The van der Waals surface area contributed by atoms with Crippen LogP contribution in [0.5, 0.6) is 0 Å². The molecule has 1 aliphatic rings. The lowest BCUT2D eigenvalue weighted by Gasteiger charge is -2.36. The van der Waals surface area contributed by atoms with Gasteiger partial charge < -0.3 is 20.4 Å². The summed E-state index contributed by atoms with van der Waals surface area (Å²) in [6.45, 7) is 4.85. The molecule has 2 aromatic carbocycles. The molecule has 0 radical (unpaired) electrons. The van der Waals surface area contributed by atoms with E-state index in [1.165, 1.54) is 19.1 Å². The maximum Gasteiger partial charge on any atom is 0.224 e. The Hall–Kier alpha value is -3.09. The van der Waals surface area contributed by atoms with Gasteiger partial charge in [0.1, 0.15) is 5.82 Å². The van der Waals surface area contributed by atoms with E-state index in [1.54, 1.807) is 12.1 Å². The van der Waals surface area contributed by atoms with Gasteiger partial charge in [0.05, 0.1) is 0 Å². The molecule has 1 saturated heterocycles. The number of amides is 2. The molecule has 0 unspecified atom stereocenters. The van der Waals surface area contributed by atoms with E-state index in [4.69, 9.17) is 0 Å². The smallest absolute Gasteiger partial charge is 0.224 e. The zero-order chi connectivity index (χ0) is 19.9. The topological polar surface area (TPSA) is 64.7 Å². The minimum absolute atomic E-state index is 0.106. The quantitative estimate of drug-likeness (QED) is 0.804. The molecule has 1 fully saturated rings. The van der Waals surface area contributed by atoms with Crippen LogP contribution in [0.15, 0.2) is 48.5 Å². The number of nitrogens with one attached hydrogen (secondary N) is 2. The van der Waals surface area contributed by atoms with Gasteiger partial charge in [-0.1, -0.05) is 0 Å². The number of hydrogen-bond donors (Lipinski definition) is 2. The van der Waals surface area contributed by atoms with Crippen LogP contribution in [0, 0.1) is 5.82 Å². The molecule has 28 heavy (non-hydrogen) atoms. The van der Waals surface area contributed by atoms with Crippen LogP contribution in [0.1, 0.15) is 13.3 Å². The number of nitrogens with zero attached hydrogens (tertiary/aromatic N) is 2. The first-order valence-corrected chi connectivity index (χ1v) is 9.41. The molecule has 7 heteroatoms. The molecule has 2 amide bonds. The van der Waals surface area contributed by atoms with Gasteiger partial charge in [-0.15, -0.1) is 0 Å². The summed E-state index contributed by atoms with van der Waals surface area (Å²) in [4.78, 5) is 27.5. The monoisotopic (exact) mass is 384 g/mol. The van der Waals surface area contributed by atoms with Gasteiger partial charge in [0.25, 0.3) is 0 Å². The highest BCUT2D eigenvalue weighted by Gasteiger charge is 2.20. The maximum atomic E-state index is 13.0. The maximum absolute atomic E-state index is 13.0. The number of carbonyl (C=O) groups excluding carboxylic acids is 2. The average molecular weight is 384 g/mol. The highest BCUT2D eigenvalue weighted by Crippen LogP contribution is 2.17. The number of rotatable bonds is 6. The Balaban J connectivity index is 1.40. The van der Waals surface area contributed by atoms with Crippen LogP contribution in [0.25, 0.3) is 0 Å². The number of piperazine rings is 1. The number of anilines is 3. The van der Waals surface area contributed by atoms with Crippen molar-refractivity contribution in [2.45, 2.75) is 13.3 Å². The molecule has 2 N–H and O–H groups in total. The first-order valence-electron chi connectivity index (χ1n) is 9.41. The Labute approximate surface area is 164 Å². The Bertz CT molecular complexity index is 800. The van der Waals surface area contributed by atoms with Crippen LogP contribution in [-0.2, 0) is 9.59 Å². The van der Waals surface area contributed by atoms with Gasteiger partial charge in [-0.3, -0.25) is 9.59 Å². The minimum Gasteiger partial charge on any atom is -0.385 e. The molecule has 0 saturated carbocycles. The number of carbonyl (C=O) groups is 2. The second kappa shape index (κ2) is 9.21. The summed E-state index contributed by atoms with van der Waals surface area (Å²) in [5.74, 6) is -0.221. The summed E-state index contributed by atoms with van der Waals surface area (Å²) in [5.41, 5.74) is 2.63. The molecule has 0 aliphatic carbocycles. The third-order valence-corrected chi connectivity index (χ3v) is 4.70. The second-order valence-electron chi connectivity index (χ2n) is 6.78. The van der Waals surface area contributed by atoms with Crippen molar-refractivity contribution in [2.24, 2.45) is 0 Å². The minimum atomic E-state index is -0.241. The highest BCUT2D eigenvalue weighted by atomic mass is 19.1. The standard InChI is InChI=1S/C21H25FN4O2/c1-16(27)24-19-6-4-18(5-7-19)23-11-10-21(28)26-14-12-25(13-15-26)20-8-2-17(22)3-9-20/h2-9,23H,10-15H2,1H3,(H,24,27). The summed E-state index contributed by atoms with van der Waals surface area (Å²) in [5, 5.41) is 5.95. The molecule has 1 heterocycles. The van der Waals surface area contributed by atoms with E-state index >= 15 is 0 Å². The van der Waals surface area contributed by atoms with Crippen molar-refractivity contribution in [1.29, 1.82) is 0 Å². The van der Waals surface area contributed by atoms with Crippen molar-refractivity contribution >= 4 is 28.9 Å². The fourth-order valence-corrected chi connectivity index (χ4v) is 3.21. The summed E-state index contributed by atoms with van der Waals surface area (Å²) in [7, 11) is 0. The molecule has 0 bridgehead atoms. The molecule has 0 spiro atoms. The first-order chi connectivity index (χ1) is 13.5. The molecule has 3 rings (SSSR count). The predicted molar refractivity (Wildman–Crippen MR) is 109 cm³/mol. The van der Waals surface area contributed by atoms with E-state index in [1.807, 2.05) is 29.2 Å². The highest BCUT2D eigenvalue weighted by molar-refractivity contribution is 5.88. The number of halogens is 1. The predicted octanol–water partition coefficient (Wildman–Crippen LogP) is 2.93. The fourth-order valence-electron chi connectivity index (χ4n) is 3.21. The fraction of sp³-hybridized carbons (Fsp3) is 0.333. The van der Waals surface area contributed by atoms with Crippen molar-refractivity contribution in [3.05, 3.63) is 54.3 Å². The largest absolute Gasteiger partial charge is 0.385 e. The molecule has 2 aromatic rings. The summed E-state index contributed by atoms with van der Waals surface area (Å²) < 4.78 is 13.0. The van der Waals surface area contributed by atoms with Gasteiger partial charge in [-0.05, 0) is 48.5 Å². The first kappa shape index (κ1) is 19.7. The van der Waals surface area contributed by atoms with Crippen molar-refractivity contribution < 1.29 is 14.0 Å². The van der Waals surface area contributed by atoms with Crippen molar-refractivity contribution in [1.82, 2.24) is 4.90 Å². The van der Waals surface area contributed by atoms with Crippen molar-refractivity contribution in [2.75, 3.05) is 48.3 Å². The zero-order valence-corrected chi connectivity index (χ0v) is 16.0. The van der Waals surface area contributed by atoms with Crippen LogP contribution in [0.2, 0.25) is 0 Å². The summed E-state index contributed by atoms with van der Waals surface area (Å²) >= 11 is 0. The van der Waals surface area contributed by atoms with E-state index in [9.17, 15) is 14.0 Å². The summed E-state index contributed by atoms with van der Waals surface area (Å²) in [6, 6.07) is 13.8. The normalized spacial score (nSPS) is 13.9.